The zero-order valence-electron chi connectivity index (χ0n) is 21.4. The summed E-state index contributed by atoms with van der Waals surface area (Å²) in [5.74, 6) is 1.62. The van der Waals surface area contributed by atoms with Crippen molar-refractivity contribution in [2.75, 3.05) is 27.1 Å². The quantitative estimate of drug-likeness (QED) is 0.396. The molecule has 1 saturated heterocycles. The largest absolute Gasteiger partial charge is 0.454 e. The fraction of sp³-hybridized carbons (Fsp3) is 0.367. The highest BCUT2D eigenvalue weighted by Gasteiger charge is 2.50. The molecule has 3 aromatic rings. The number of rotatable bonds is 9. The van der Waals surface area contributed by atoms with Crippen LogP contribution < -0.4 is 9.47 Å². The topological polar surface area (TPSA) is 82.1 Å². The van der Waals surface area contributed by atoms with Gasteiger partial charge >= 0.3 is 0 Å². The maximum Gasteiger partial charge on any atom is 0.243 e. The molecule has 6 rings (SSSR count). The van der Waals surface area contributed by atoms with Crippen LogP contribution in [0.2, 0.25) is 0 Å². The van der Waals surface area contributed by atoms with Crippen molar-refractivity contribution in [3.05, 3.63) is 77.9 Å². The number of nitrogens with zero attached hydrogens (tertiary/aromatic N) is 1. The molecule has 0 amide bonds. The summed E-state index contributed by atoms with van der Waals surface area (Å²) >= 11 is 0. The smallest absolute Gasteiger partial charge is 0.243 e. The Bertz CT molecular complexity index is 1460. The van der Waals surface area contributed by atoms with Gasteiger partial charge in [-0.1, -0.05) is 42.5 Å². The van der Waals surface area contributed by atoms with Crippen molar-refractivity contribution in [3.63, 3.8) is 0 Å². The van der Waals surface area contributed by atoms with Crippen molar-refractivity contribution in [2.45, 2.75) is 48.5 Å². The molecule has 198 valence electrons. The fourth-order valence-electron chi connectivity index (χ4n) is 5.70. The van der Waals surface area contributed by atoms with Crippen LogP contribution in [0.25, 0.3) is 11.1 Å². The third kappa shape index (κ3) is 4.51. The first kappa shape index (κ1) is 25.1. The zero-order chi connectivity index (χ0) is 26.3. The van der Waals surface area contributed by atoms with Crippen molar-refractivity contribution in [1.82, 2.24) is 4.31 Å². The number of Topliss-reactive ketones (excluding diaryl/α,β-unsaturated/α-hetero) is 1. The van der Waals surface area contributed by atoms with Crippen LogP contribution in [-0.4, -0.2) is 51.6 Å². The van der Waals surface area contributed by atoms with E-state index in [4.69, 9.17) is 14.2 Å². The number of hydrogen-bond donors (Lipinski definition) is 0. The number of fused-ring (bicyclic) bond motifs is 1. The molecule has 2 fully saturated rings. The van der Waals surface area contributed by atoms with Crippen LogP contribution in [0.3, 0.4) is 0 Å². The lowest BCUT2D eigenvalue weighted by molar-refractivity contribution is -0.120. The summed E-state index contributed by atoms with van der Waals surface area (Å²) in [6, 6.07) is 20.6. The minimum absolute atomic E-state index is 0.119. The number of sulfonamides is 1. The second kappa shape index (κ2) is 9.84. The van der Waals surface area contributed by atoms with Gasteiger partial charge in [0.1, 0.15) is 5.78 Å². The predicted octanol–water partition coefficient (Wildman–Crippen LogP) is 4.73. The van der Waals surface area contributed by atoms with E-state index in [1.165, 1.54) is 0 Å². The Morgan fingerprint density at radius 1 is 1.00 bits per heavy atom. The molecule has 2 heterocycles. The molecule has 2 aliphatic heterocycles. The normalized spacial score (nSPS) is 20.0. The lowest BCUT2D eigenvalue weighted by atomic mass is 9.87. The van der Waals surface area contributed by atoms with Crippen LogP contribution in [0.5, 0.6) is 11.5 Å². The molecule has 0 unspecified atom stereocenters. The van der Waals surface area contributed by atoms with Gasteiger partial charge in [-0.2, -0.15) is 4.31 Å². The van der Waals surface area contributed by atoms with Gasteiger partial charge in [-0.05, 0) is 72.2 Å². The summed E-state index contributed by atoms with van der Waals surface area (Å²) in [5.41, 5.74) is 3.33. The molecule has 0 bridgehead atoms. The van der Waals surface area contributed by atoms with Gasteiger partial charge in [0.2, 0.25) is 16.8 Å². The van der Waals surface area contributed by atoms with E-state index >= 15 is 0 Å². The first-order chi connectivity index (χ1) is 18.4. The highest BCUT2D eigenvalue weighted by Crippen LogP contribution is 2.51. The minimum Gasteiger partial charge on any atom is -0.454 e. The molecule has 1 atom stereocenters. The van der Waals surface area contributed by atoms with E-state index in [-0.39, 0.29) is 23.5 Å². The number of ether oxygens (including phenoxy) is 3. The molecular formula is C30H31NO6S. The van der Waals surface area contributed by atoms with Gasteiger partial charge in [0, 0.05) is 26.1 Å². The highest BCUT2D eigenvalue weighted by molar-refractivity contribution is 7.89. The third-order valence-electron chi connectivity index (χ3n) is 7.98. The number of hydrogen-bond acceptors (Lipinski definition) is 6. The molecule has 3 aromatic carbocycles. The van der Waals surface area contributed by atoms with Gasteiger partial charge < -0.3 is 14.2 Å². The zero-order valence-corrected chi connectivity index (χ0v) is 22.2. The van der Waals surface area contributed by atoms with Crippen LogP contribution in [0.15, 0.2) is 71.6 Å². The Balaban J connectivity index is 1.18. The van der Waals surface area contributed by atoms with Gasteiger partial charge in [0.25, 0.3) is 0 Å². The molecule has 1 saturated carbocycles. The van der Waals surface area contributed by atoms with Crippen molar-refractivity contribution in [3.8, 4) is 22.6 Å². The Labute approximate surface area is 223 Å². The van der Waals surface area contributed by atoms with E-state index < -0.39 is 15.4 Å². The third-order valence-corrected chi connectivity index (χ3v) is 9.94. The van der Waals surface area contributed by atoms with Crippen molar-refractivity contribution in [2.24, 2.45) is 0 Å². The summed E-state index contributed by atoms with van der Waals surface area (Å²) in [6.07, 6.45) is 3.66. The maximum atomic E-state index is 13.4. The Morgan fingerprint density at radius 2 is 1.79 bits per heavy atom. The highest BCUT2D eigenvalue weighted by atomic mass is 32.2. The molecule has 8 heteroatoms. The van der Waals surface area contributed by atoms with E-state index in [1.807, 2.05) is 54.6 Å². The molecular weight excluding hydrogens is 502 g/mol. The molecule has 0 radical (unpaired) electrons. The monoisotopic (exact) mass is 533 g/mol. The van der Waals surface area contributed by atoms with E-state index in [0.717, 1.165) is 53.7 Å². The number of benzene rings is 3. The Kier molecular flexibility index (Phi) is 6.50. The van der Waals surface area contributed by atoms with Crippen LogP contribution in [-0.2, 0) is 31.4 Å². The summed E-state index contributed by atoms with van der Waals surface area (Å²) in [4.78, 5) is 13.7. The standard InChI is InChI=1S/C30H31NO6S/c1-35-19-25-6-3-15-31(25)38(33,34)26-10-7-22(8-11-26)23-5-2-4-21(16-23)17-29(32)30(13-14-30)24-9-12-27-28(18-24)37-20-36-27/h2,4-5,7-12,16,18,25H,3,6,13-15,17,19-20H2,1H3/t25-/m1/s1. The summed E-state index contributed by atoms with van der Waals surface area (Å²) in [7, 11) is -1.98. The second-order valence-corrected chi connectivity index (χ2v) is 12.2. The number of carbonyl (C=O) groups is 1. The van der Waals surface area contributed by atoms with E-state index in [2.05, 4.69) is 0 Å². The molecule has 0 aromatic heterocycles. The number of ketones is 1. The van der Waals surface area contributed by atoms with Crippen molar-refractivity contribution < 1.29 is 27.4 Å². The lowest BCUT2D eigenvalue weighted by Crippen LogP contribution is -2.38. The predicted molar refractivity (Wildman–Crippen MR) is 143 cm³/mol. The SMILES string of the molecule is COC[C@H]1CCCN1S(=O)(=O)c1ccc(-c2cccc(CC(=O)C3(c4ccc5c(c4)OCO5)CC3)c2)cc1. The minimum atomic E-state index is -3.58. The van der Waals surface area contributed by atoms with Gasteiger partial charge in [-0.15, -0.1) is 0 Å². The average Bonchev–Trinajstić information content (AvgIpc) is 3.37. The van der Waals surface area contributed by atoms with E-state index in [9.17, 15) is 13.2 Å². The van der Waals surface area contributed by atoms with Gasteiger partial charge in [-0.3, -0.25) is 4.79 Å². The van der Waals surface area contributed by atoms with Gasteiger partial charge in [0.05, 0.1) is 16.9 Å². The second-order valence-electron chi connectivity index (χ2n) is 10.3. The fourth-order valence-corrected chi connectivity index (χ4v) is 7.38. The number of methoxy groups -OCH3 is 1. The Morgan fingerprint density at radius 3 is 2.55 bits per heavy atom. The molecule has 3 aliphatic rings. The molecule has 38 heavy (non-hydrogen) atoms. The maximum absolute atomic E-state index is 13.4. The van der Waals surface area contributed by atoms with Crippen molar-refractivity contribution >= 4 is 15.8 Å². The number of carbonyl (C=O) groups excluding carboxylic acids is 1. The van der Waals surface area contributed by atoms with E-state index in [1.54, 1.807) is 23.5 Å². The average molecular weight is 534 g/mol. The van der Waals surface area contributed by atoms with E-state index in [0.29, 0.717) is 25.3 Å². The van der Waals surface area contributed by atoms with Gasteiger partial charge in [0.15, 0.2) is 11.5 Å². The first-order valence-corrected chi connectivity index (χ1v) is 14.5. The molecule has 1 aliphatic carbocycles. The molecule has 7 nitrogen and oxygen atoms in total. The summed E-state index contributed by atoms with van der Waals surface area (Å²) in [6.45, 7) is 1.13. The van der Waals surface area contributed by atoms with Crippen LogP contribution in [0, 0.1) is 0 Å². The molecule has 0 N–H and O–H groups in total. The lowest BCUT2D eigenvalue weighted by Gasteiger charge is -2.23. The summed E-state index contributed by atoms with van der Waals surface area (Å²) in [5, 5.41) is 0. The van der Waals surface area contributed by atoms with Crippen LogP contribution in [0.4, 0.5) is 0 Å². The molecule has 0 spiro atoms. The van der Waals surface area contributed by atoms with Crippen molar-refractivity contribution in [1.29, 1.82) is 0 Å². The first-order valence-electron chi connectivity index (χ1n) is 13.0. The van der Waals surface area contributed by atoms with Crippen LogP contribution >= 0.6 is 0 Å². The van der Waals surface area contributed by atoms with Crippen LogP contribution in [0.1, 0.15) is 36.8 Å². The summed E-state index contributed by atoms with van der Waals surface area (Å²) < 4.78 is 44.2. The van der Waals surface area contributed by atoms with Gasteiger partial charge in [-0.25, -0.2) is 8.42 Å². The Hall–Kier alpha value is -3.20.